The van der Waals surface area contributed by atoms with Crippen molar-refractivity contribution in [2.24, 2.45) is 0 Å². The van der Waals surface area contributed by atoms with Gasteiger partial charge in [0.25, 0.3) is 0 Å². The first-order chi connectivity index (χ1) is 13.6. The number of thiazole rings is 1. The van der Waals surface area contributed by atoms with Crippen molar-refractivity contribution < 1.29 is 26.4 Å². The summed E-state index contributed by atoms with van der Waals surface area (Å²) in [5.41, 5.74) is -0.613. The highest BCUT2D eigenvalue weighted by atomic mass is 32.2. The minimum Gasteiger partial charge on any atom is -0.307 e. The molecule has 2 amide bonds. The second kappa shape index (κ2) is 7.26. The highest BCUT2D eigenvalue weighted by Gasteiger charge is 2.41. The molecule has 0 atom stereocenters. The van der Waals surface area contributed by atoms with Gasteiger partial charge in [-0.15, -0.1) is 0 Å². The molecule has 1 aromatic carbocycles. The number of halogens is 3. The van der Waals surface area contributed by atoms with Crippen LogP contribution in [0.4, 0.5) is 28.8 Å². The number of rotatable bonds is 4. The van der Waals surface area contributed by atoms with Gasteiger partial charge in [-0.25, -0.2) is 18.2 Å². The molecule has 2 N–H and O–H groups in total. The van der Waals surface area contributed by atoms with Gasteiger partial charge in [0.2, 0.25) is 10.0 Å². The van der Waals surface area contributed by atoms with Crippen LogP contribution in [-0.2, 0) is 29.2 Å². The van der Waals surface area contributed by atoms with Crippen molar-refractivity contribution in [2.75, 3.05) is 17.2 Å². The lowest BCUT2D eigenvalue weighted by Crippen LogP contribution is -2.37. The molecule has 0 radical (unpaired) electrons. The van der Waals surface area contributed by atoms with E-state index in [1.165, 1.54) is 16.4 Å². The number of benzene rings is 1. The van der Waals surface area contributed by atoms with E-state index < -0.39 is 27.8 Å². The molecule has 0 saturated heterocycles. The van der Waals surface area contributed by atoms with Gasteiger partial charge in [0.15, 0.2) is 5.13 Å². The molecule has 0 spiro atoms. The molecule has 4 rings (SSSR count). The largest absolute Gasteiger partial charge is 0.418 e. The Labute approximate surface area is 169 Å². The maximum absolute atomic E-state index is 13.0. The lowest BCUT2D eigenvalue weighted by atomic mass is 10.1. The molecule has 2 aliphatic rings. The van der Waals surface area contributed by atoms with Gasteiger partial charge in [0.05, 0.1) is 22.2 Å². The van der Waals surface area contributed by atoms with E-state index >= 15 is 0 Å². The van der Waals surface area contributed by atoms with E-state index in [9.17, 15) is 26.4 Å². The summed E-state index contributed by atoms with van der Waals surface area (Å²) in [6.45, 7) is 0.534. The zero-order chi connectivity index (χ0) is 20.8. The molecule has 1 fully saturated rings. The normalized spacial score (nSPS) is 17.6. The number of amides is 2. The number of nitrogens with zero attached hydrogens (tertiary/aromatic N) is 2. The first-order valence-electron chi connectivity index (χ1n) is 8.86. The van der Waals surface area contributed by atoms with Crippen molar-refractivity contribution in [2.45, 2.75) is 37.2 Å². The van der Waals surface area contributed by atoms with Crippen LogP contribution in [-0.4, -0.2) is 35.5 Å². The van der Waals surface area contributed by atoms with E-state index in [1.54, 1.807) is 0 Å². The van der Waals surface area contributed by atoms with Gasteiger partial charge in [-0.05, 0) is 25.0 Å². The number of hydrogen-bond donors (Lipinski definition) is 2. The van der Waals surface area contributed by atoms with E-state index in [0.29, 0.717) is 31.5 Å². The van der Waals surface area contributed by atoms with E-state index in [4.69, 9.17) is 0 Å². The summed E-state index contributed by atoms with van der Waals surface area (Å²) in [7, 11) is -3.30. The number of anilines is 2. The summed E-state index contributed by atoms with van der Waals surface area (Å²) in [4.78, 5) is 17.2. The average Bonchev–Trinajstić information content (AvgIpc) is 3.42. The molecule has 0 bridgehead atoms. The van der Waals surface area contributed by atoms with E-state index in [2.05, 4.69) is 15.6 Å². The fraction of sp³-hybridized carbons (Fsp3) is 0.412. The summed E-state index contributed by atoms with van der Waals surface area (Å²) in [5.74, 6) is 0. The molecule has 2 heterocycles. The molecule has 1 aliphatic heterocycles. The summed E-state index contributed by atoms with van der Waals surface area (Å²) in [6.07, 6.45) is -2.81. The third kappa shape index (κ3) is 4.23. The summed E-state index contributed by atoms with van der Waals surface area (Å²) < 4.78 is 65.3. The van der Waals surface area contributed by atoms with Crippen LogP contribution in [0.1, 0.15) is 29.0 Å². The van der Waals surface area contributed by atoms with E-state index in [-0.39, 0.29) is 22.6 Å². The number of hydrogen-bond acceptors (Lipinski definition) is 5. The van der Waals surface area contributed by atoms with Crippen molar-refractivity contribution in [1.29, 1.82) is 0 Å². The molecule has 156 valence electrons. The molecule has 2 aromatic rings. The molecule has 1 aromatic heterocycles. The van der Waals surface area contributed by atoms with Gasteiger partial charge in [-0.3, -0.25) is 5.32 Å². The second-order valence-corrected chi connectivity index (χ2v) is 10.1. The first kappa shape index (κ1) is 20.1. The Hall–Kier alpha value is -2.18. The topological polar surface area (TPSA) is 91.4 Å². The van der Waals surface area contributed by atoms with Crippen molar-refractivity contribution >= 4 is 38.2 Å². The summed E-state index contributed by atoms with van der Waals surface area (Å²) in [5, 5.41) is 4.54. The third-order valence-corrected chi connectivity index (χ3v) is 8.05. The monoisotopic (exact) mass is 446 g/mol. The zero-order valence-electron chi connectivity index (χ0n) is 15.0. The summed E-state index contributed by atoms with van der Waals surface area (Å²) in [6, 6.07) is 3.82. The van der Waals surface area contributed by atoms with Crippen molar-refractivity contribution in [3.63, 3.8) is 0 Å². The Morgan fingerprint density at radius 3 is 2.62 bits per heavy atom. The minimum absolute atomic E-state index is 0.200. The lowest BCUT2D eigenvalue weighted by Gasteiger charge is -2.25. The zero-order valence-corrected chi connectivity index (χ0v) is 16.6. The number of nitrogens with one attached hydrogen (secondary N) is 2. The van der Waals surface area contributed by atoms with Crippen LogP contribution in [0, 0.1) is 0 Å². The van der Waals surface area contributed by atoms with Crippen LogP contribution >= 0.6 is 11.3 Å². The SMILES string of the molecule is O=C(Nc1nc2c(s1)CN(S(=O)(=O)C1CC1)CC2)Nc1ccccc1C(F)(F)F. The van der Waals surface area contributed by atoms with Gasteiger partial charge in [-0.1, -0.05) is 23.5 Å². The number of carbonyl (C=O) groups is 1. The molecule has 0 unspecified atom stereocenters. The predicted molar refractivity (Wildman–Crippen MR) is 102 cm³/mol. The number of para-hydroxylation sites is 1. The van der Waals surface area contributed by atoms with Gasteiger partial charge < -0.3 is 5.32 Å². The van der Waals surface area contributed by atoms with Crippen molar-refractivity contribution in [3.05, 3.63) is 40.4 Å². The Bertz CT molecular complexity index is 1050. The average molecular weight is 446 g/mol. The van der Waals surface area contributed by atoms with Crippen LogP contribution in [0.5, 0.6) is 0 Å². The van der Waals surface area contributed by atoms with Crippen molar-refractivity contribution in [3.8, 4) is 0 Å². The molecular weight excluding hydrogens is 429 g/mol. The number of fused-ring (bicyclic) bond motifs is 1. The molecule has 1 saturated carbocycles. The minimum atomic E-state index is -4.60. The fourth-order valence-electron chi connectivity index (χ4n) is 3.11. The molecule has 1 aliphatic carbocycles. The first-order valence-corrected chi connectivity index (χ1v) is 11.2. The van der Waals surface area contributed by atoms with Gasteiger partial charge in [0, 0.05) is 24.4 Å². The third-order valence-electron chi connectivity index (χ3n) is 4.70. The number of sulfonamides is 1. The summed E-state index contributed by atoms with van der Waals surface area (Å²) >= 11 is 1.12. The van der Waals surface area contributed by atoms with Crippen LogP contribution < -0.4 is 10.6 Å². The number of alkyl halides is 3. The number of urea groups is 1. The Morgan fingerprint density at radius 1 is 1.21 bits per heavy atom. The van der Waals surface area contributed by atoms with Crippen LogP contribution in [0.15, 0.2) is 24.3 Å². The Kier molecular flexibility index (Phi) is 5.03. The van der Waals surface area contributed by atoms with Crippen LogP contribution in [0.3, 0.4) is 0 Å². The molecule has 29 heavy (non-hydrogen) atoms. The Balaban J connectivity index is 1.44. The van der Waals surface area contributed by atoms with Crippen molar-refractivity contribution in [1.82, 2.24) is 9.29 Å². The molecule has 7 nitrogen and oxygen atoms in total. The molecule has 12 heteroatoms. The Morgan fingerprint density at radius 2 is 1.93 bits per heavy atom. The predicted octanol–water partition coefficient (Wildman–Crippen LogP) is 3.66. The van der Waals surface area contributed by atoms with E-state index in [0.717, 1.165) is 28.3 Å². The van der Waals surface area contributed by atoms with Crippen LogP contribution in [0.2, 0.25) is 0 Å². The number of aromatic nitrogens is 1. The molecular formula is C17H17F3N4O3S2. The van der Waals surface area contributed by atoms with Gasteiger partial charge in [0.1, 0.15) is 0 Å². The smallest absolute Gasteiger partial charge is 0.307 e. The lowest BCUT2D eigenvalue weighted by molar-refractivity contribution is -0.136. The number of carbonyl (C=O) groups excluding carboxylic acids is 1. The fourth-order valence-corrected chi connectivity index (χ4v) is 6.02. The second-order valence-electron chi connectivity index (χ2n) is 6.84. The standard InChI is InChI=1S/C17H17F3N4O3S2/c18-17(19,20)11-3-1-2-4-12(11)21-15(25)23-16-22-13-7-8-24(9-14(13)28-16)29(26,27)10-5-6-10/h1-4,10H,5-9H2,(H2,21,22,23,25). The maximum atomic E-state index is 13.0. The van der Waals surface area contributed by atoms with Gasteiger partial charge >= 0.3 is 12.2 Å². The highest BCUT2D eigenvalue weighted by Crippen LogP contribution is 2.36. The van der Waals surface area contributed by atoms with Gasteiger partial charge in [-0.2, -0.15) is 17.5 Å². The maximum Gasteiger partial charge on any atom is 0.418 e. The van der Waals surface area contributed by atoms with E-state index in [1.807, 2.05) is 0 Å². The van der Waals surface area contributed by atoms with Crippen LogP contribution in [0.25, 0.3) is 0 Å². The quantitative estimate of drug-likeness (QED) is 0.750. The highest BCUT2D eigenvalue weighted by molar-refractivity contribution is 7.90.